The minimum atomic E-state index is -3.41. The fourth-order valence-electron chi connectivity index (χ4n) is 2.10. The van der Waals surface area contributed by atoms with Crippen LogP contribution in [0.15, 0.2) is 30.3 Å². The van der Waals surface area contributed by atoms with Crippen LogP contribution in [0.5, 0.6) is 0 Å². The molecule has 0 aliphatic rings. The Morgan fingerprint density at radius 2 is 1.78 bits per heavy atom. The second-order valence-electron chi connectivity index (χ2n) is 5.84. The molecule has 0 aliphatic heterocycles. The number of nitrogens with zero attached hydrogens (tertiary/aromatic N) is 2. The Bertz CT molecular complexity index is 573. The van der Waals surface area contributed by atoms with Crippen molar-refractivity contribution in [2.45, 2.75) is 12.8 Å². The van der Waals surface area contributed by atoms with E-state index in [4.69, 9.17) is 0 Å². The summed E-state index contributed by atoms with van der Waals surface area (Å²) in [4.78, 5) is 14.0. The summed E-state index contributed by atoms with van der Waals surface area (Å²) < 4.78 is 24.9. The van der Waals surface area contributed by atoms with E-state index >= 15 is 0 Å². The van der Waals surface area contributed by atoms with Crippen LogP contribution in [0.4, 0.5) is 0 Å². The minimum absolute atomic E-state index is 0.131. The molecule has 23 heavy (non-hydrogen) atoms. The smallest absolute Gasteiger partial charge is 0.235 e. The molecule has 1 aromatic rings. The molecule has 1 amide bonds. The Kier molecular flexibility index (Phi) is 8.22. The Labute approximate surface area is 139 Å². The highest BCUT2D eigenvalue weighted by Gasteiger charge is 2.19. The van der Waals surface area contributed by atoms with Gasteiger partial charge in [-0.3, -0.25) is 4.79 Å². The SMILES string of the molecule is CN(C)CCCNC(=O)CN(CCc1ccccc1)S(C)(=O)=O. The number of benzene rings is 1. The van der Waals surface area contributed by atoms with E-state index < -0.39 is 10.0 Å². The fraction of sp³-hybridized carbons (Fsp3) is 0.562. The summed E-state index contributed by atoms with van der Waals surface area (Å²) in [5, 5.41) is 2.77. The lowest BCUT2D eigenvalue weighted by Gasteiger charge is -2.19. The first kappa shape index (κ1) is 19.6. The number of carbonyl (C=O) groups excluding carboxylic acids is 1. The number of sulfonamides is 1. The molecule has 0 aromatic heterocycles. The number of rotatable bonds is 10. The van der Waals surface area contributed by atoms with Gasteiger partial charge in [-0.2, -0.15) is 4.31 Å². The van der Waals surface area contributed by atoms with Gasteiger partial charge in [-0.1, -0.05) is 30.3 Å². The molecule has 1 N–H and O–H groups in total. The minimum Gasteiger partial charge on any atom is -0.355 e. The highest BCUT2D eigenvalue weighted by molar-refractivity contribution is 7.88. The van der Waals surface area contributed by atoms with Gasteiger partial charge in [0.25, 0.3) is 0 Å². The number of nitrogens with one attached hydrogen (secondary N) is 1. The van der Waals surface area contributed by atoms with E-state index in [9.17, 15) is 13.2 Å². The molecular weight excluding hydrogens is 314 g/mol. The molecule has 0 saturated carbocycles. The third-order valence-corrected chi connectivity index (χ3v) is 4.64. The topological polar surface area (TPSA) is 69.7 Å². The first-order valence-electron chi connectivity index (χ1n) is 7.69. The van der Waals surface area contributed by atoms with Crippen LogP contribution in [-0.2, 0) is 21.2 Å². The third kappa shape index (κ3) is 8.68. The molecule has 0 spiro atoms. The Morgan fingerprint density at radius 1 is 1.13 bits per heavy atom. The van der Waals surface area contributed by atoms with Crippen molar-refractivity contribution in [1.29, 1.82) is 0 Å². The Morgan fingerprint density at radius 3 is 2.35 bits per heavy atom. The molecular formula is C16H27N3O3S. The zero-order valence-corrected chi connectivity index (χ0v) is 15.0. The van der Waals surface area contributed by atoms with Crippen molar-refractivity contribution in [1.82, 2.24) is 14.5 Å². The number of hydrogen-bond donors (Lipinski definition) is 1. The van der Waals surface area contributed by atoms with E-state index in [0.717, 1.165) is 24.8 Å². The molecule has 0 saturated heterocycles. The molecule has 1 rings (SSSR count). The molecule has 0 bridgehead atoms. The summed E-state index contributed by atoms with van der Waals surface area (Å²) in [7, 11) is 0.528. The standard InChI is InChI=1S/C16H27N3O3S/c1-18(2)12-7-11-17-16(20)14-19(23(3,21)22)13-10-15-8-5-4-6-9-15/h4-6,8-9H,7,10-14H2,1-3H3,(H,17,20). The summed E-state index contributed by atoms with van der Waals surface area (Å²) in [5.41, 5.74) is 1.05. The van der Waals surface area contributed by atoms with E-state index in [0.29, 0.717) is 19.5 Å². The van der Waals surface area contributed by atoms with Gasteiger partial charge >= 0.3 is 0 Å². The molecule has 0 heterocycles. The van der Waals surface area contributed by atoms with Gasteiger partial charge in [-0.15, -0.1) is 0 Å². The summed E-state index contributed by atoms with van der Waals surface area (Å²) in [5.74, 6) is -0.262. The van der Waals surface area contributed by atoms with Crippen LogP contribution >= 0.6 is 0 Å². The molecule has 0 fully saturated rings. The average Bonchev–Trinajstić information content (AvgIpc) is 2.47. The van der Waals surface area contributed by atoms with Crippen molar-refractivity contribution in [3.63, 3.8) is 0 Å². The van der Waals surface area contributed by atoms with E-state index in [1.54, 1.807) is 0 Å². The van der Waals surface area contributed by atoms with Crippen LogP contribution in [-0.4, -0.2) is 70.1 Å². The Balaban J connectivity index is 2.47. The van der Waals surface area contributed by atoms with Crippen LogP contribution in [0.2, 0.25) is 0 Å². The summed E-state index contributed by atoms with van der Waals surface area (Å²) in [6.45, 7) is 1.60. The second-order valence-corrected chi connectivity index (χ2v) is 7.82. The predicted molar refractivity (Wildman–Crippen MR) is 92.7 cm³/mol. The first-order valence-corrected chi connectivity index (χ1v) is 9.54. The number of amides is 1. The summed E-state index contributed by atoms with van der Waals surface area (Å²) in [6.07, 6.45) is 2.56. The molecule has 0 unspecified atom stereocenters. The van der Waals surface area contributed by atoms with Crippen molar-refractivity contribution >= 4 is 15.9 Å². The molecule has 7 heteroatoms. The maximum atomic E-state index is 11.9. The maximum Gasteiger partial charge on any atom is 0.235 e. The predicted octanol–water partition coefficient (Wildman–Crippen LogP) is 0.559. The van der Waals surface area contributed by atoms with Crippen molar-refractivity contribution in [3.05, 3.63) is 35.9 Å². The molecule has 0 radical (unpaired) electrons. The van der Waals surface area contributed by atoms with E-state index in [-0.39, 0.29) is 12.5 Å². The molecule has 0 atom stereocenters. The van der Waals surface area contributed by atoms with Crippen LogP contribution in [0.3, 0.4) is 0 Å². The van der Waals surface area contributed by atoms with Gasteiger partial charge in [0.2, 0.25) is 15.9 Å². The van der Waals surface area contributed by atoms with Gasteiger partial charge in [-0.05, 0) is 39.0 Å². The summed E-state index contributed by atoms with van der Waals surface area (Å²) >= 11 is 0. The third-order valence-electron chi connectivity index (χ3n) is 3.39. The van der Waals surface area contributed by atoms with Gasteiger partial charge in [0.15, 0.2) is 0 Å². The molecule has 130 valence electrons. The van der Waals surface area contributed by atoms with E-state index in [2.05, 4.69) is 5.32 Å². The van der Waals surface area contributed by atoms with Crippen molar-refractivity contribution in [2.24, 2.45) is 0 Å². The molecule has 6 nitrogen and oxygen atoms in total. The van der Waals surface area contributed by atoms with E-state index in [1.165, 1.54) is 4.31 Å². The lowest BCUT2D eigenvalue weighted by Crippen LogP contribution is -2.41. The largest absolute Gasteiger partial charge is 0.355 e. The van der Waals surface area contributed by atoms with Gasteiger partial charge in [0, 0.05) is 13.1 Å². The molecule has 0 aliphatic carbocycles. The highest BCUT2D eigenvalue weighted by atomic mass is 32.2. The summed E-state index contributed by atoms with van der Waals surface area (Å²) in [6, 6.07) is 9.64. The first-order chi connectivity index (χ1) is 10.8. The van der Waals surface area contributed by atoms with Gasteiger partial charge < -0.3 is 10.2 Å². The van der Waals surface area contributed by atoms with Crippen molar-refractivity contribution < 1.29 is 13.2 Å². The lowest BCUT2D eigenvalue weighted by molar-refractivity contribution is -0.121. The van der Waals surface area contributed by atoms with Gasteiger partial charge in [-0.25, -0.2) is 8.42 Å². The van der Waals surface area contributed by atoms with Crippen LogP contribution in [0.25, 0.3) is 0 Å². The monoisotopic (exact) mass is 341 g/mol. The van der Waals surface area contributed by atoms with Crippen LogP contribution < -0.4 is 5.32 Å². The van der Waals surface area contributed by atoms with E-state index in [1.807, 2.05) is 49.3 Å². The van der Waals surface area contributed by atoms with Crippen molar-refractivity contribution in [2.75, 3.05) is 46.5 Å². The Hall–Kier alpha value is -1.44. The number of hydrogen-bond acceptors (Lipinski definition) is 4. The zero-order chi connectivity index (χ0) is 17.3. The number of carbonyl (C=O) groups is 1. The molecule has 1 aromatic carbocycles. The highest BCUT2D eigenvalue weighted by Crippen LogP contribution is 2.04. The lowest BCUT2D eigenvalue weighted by atomic mass is 10.1. The van der Waals surface area contributed by atoms with Gasteiger partial charge in [0.05, 0.1) is 12.8 Å². The fourth-order valence-corrected chi connectivity index (χ4v) is 2.87. The quantitative estimate of drug-likeness (QED) is 0.631. The van der Waals surface area contributed by atoms with Crippen molar-refractivity contribution in [3.8, 4) is 0 Å². The van der Waals surface area contributed by atoms with Crippen LogP contribution in [0.1, 0.15) is 12.0 Å². The van der Waals surface area contributed by atoms with Gasteiger partial charge in [0.1, 0.15) is 0 Å². The normalized spacial score (nSPS) is 11.9. The maximum absolute atomic E-state index is 11.9. The zero-order valence-electron chi connectivity index (χ0n) is 14.2. The van der Waals surface area contributed by atoms with Crippen LogP contribution in [0, 0.1) is 0 Å². The second kappa shape index (κ2) is 9.64. The average molecular weight is 341 g/mol.